The summed E-state index contributed by atoms with van der Waals surface area (Å²) in [5, 5.41) is 0. The molecule has 0 heterocycles. The summed E-state index contributed by atoms with van der Waals surface area (Å²) in [7, 11) is 0. The minimum Gasteiger partial charge on any atom is -0.290 e. The van der Waals surface area contributed by atoms with E-state index in [1.165, 1.54) is 38.5 Å². The molecular formula is C28H38O6. The molecule has 0 bridgehead atoms. The summed E-state index contributed by atoms with van der Waals surface area (Å²) in [4.78, 5) is 45.0. The molecule has 0 fully saturated rings. The van der Waals surface area contributed by atoms with Crippen LogP contribution in [0.15, 0.2) is 48.5 Å². The number of carbonyl (C=O) groups excluding carboxylic acids is 2. The molecular weight excluding hydrogens is 432 g/mol. The number of hydrogen-bond donors (Lipinski definition) is 0. The predicted molar refractivity (Wildman–Crippen MR) is 131 cm³/mol. The van der Waals surface area contributed by atoms with Crippen molar-refractivity contribution < 1.29 is 29.1 Å². The van der Waals surface area contributed by atoms with E-state index in [1.807, 2.05) is 26.0 Å². The van der Waals surface area contributed by atoms with Gasteiger partial charge in [-0.25, -0.2) is 9.59 Å². The summed E-state index contributed by atoms with van der Waals surface area (Å²) >= 11 is 0. The van der Waals surface area contributed by atoms with Gasteiger partial charge in [0.05, 0.1) is 11.1 Å². The Balaban J connectivity index is 1.81. The van der Waals surface area contributed by atoms with Gasteiger partial charge in [0, 0.05) is 6.42 Å². The Labute approximate surface area is 203 Å². The molecule has 6 heteroatoms. The van der Waals surface area contributed by atoms with Gasteiger partial charge in [0.15, 0.2) is 0 Å². The van der Waals surface area contributed by atoms with E-state index < -0.39 is 18.2 Å². The van der Waals surface area contributed by atoms with Crippen LogP contribution in [0.4, 0.5) is 0 Å². The largest absolute Gasteiger partial charge is 0.373 e. The standard InChI is InChI=1S/C28H38O6/c1-4-5-6-7-8-9-10-11-12-19-26(31-33-27(29)24-17-13-15-22(2)20-24)32-34-28(30)25-18-14-16-23(3)21-25/h13-18,20-21,26H,4-12,19H2,1-3H3. The Morgan fingerprint density at radius 1 is 0.676 bits per heavy atom. The minimum absolute atomic E-state index is 0.374. The summed E-state index contributed by atoms with van der Waals surface area (Å²) in [6.45, 7) is 5.99. The quantitative estimate of drug-likeness (QED) is 0.110. The van der Waals surface area contributed by atoms with E-state index in [1.54, 1.807) is 36.4 Å². The third kappa shape index (κ3) is 10.9. The Bertz CT molecular complexity index is 817. The fraction of sp³-hybridized carbons (Fsp3) is 0.500. The van der Waals surface area contributed by atoms with E-state index in [2.05, 4.69) is 6.92 Å². The van der Waals surface area contributed by atoms with E-state index in [9.17, 15) is 9.59 Å². The third-order valence-electron chi connectivity index (χ3n) is 5.51. The average molecular weight is 471 g/mol. The summed E-state index contributed by atoms with van der Waals surface area (Å²) in [5.41, 5.74) is 2.62. The predicted octanol–water partition coefficient (Wildman–Crippen LogP) is 7.43. The molecule has 0 aliphatic heterocycles. The van der Waals surface area contributed by atoms with Gasteiger partial charge in [-0.05, 0) is 44.5 Å². The Morgan fingerprint density at radius 3 is 1.56 bits per heavy atom. The van der Waals surface area contributed by atoms with Gasteiger partial charge in [-0.1, -0.05) is 93.7 Å². The molecule has 0 saturated heterocycles. The van der Waals surface area contributed by atoms with Crippen LogP contribution in [0.25, 0.3) is 0 Å². The van der Waals surface area contributed by atoms with E-state index in [0.717, 1.165) is 30.4 Å². The molecule has 186 valence electrons. The van der Waals surface area contributed by atoms with Crippen molar-refractivity contribution in [1.29, 1.82) is 0 Å². The van der Waals surface area contributed by atoms with Crippen LogP contribution in [0.3, 0.4) is 0 Å². The molecule has 2 aromatic rings. The zero-order valence-corrected chi connectivity index (χ0v) is 20.7. The molecule has 0 atom stereocenters. The lowest BCUT2D eigenvalue weighted by Crippen LogP contribution is -2.22. The van der Waals surface area contributed by atoms with Gasteiger partial charge < -0.3 is 0 Å². The molecule has 34 heavy (non-hydrogen) atoms. The number of aryl methyl sites for hydroxylation is 2. The molecule has 2 rings (SSSR count). The topological polar surface area (TPSA) is 71.1 Å². The normalized spacial score (nSPS) is 10.9. The van der Waals surface area contributed by atoms with E-state index in [0.29, 0.717) is 17.5 Å². The van der Waals surface area contributed by atoms with E-state index in [-0.39, 0.29) is 0 Å². The van der Waals surface area contributed by atoms with Crippen molar-refractivity contribution in [2.75, 3.05) is 0 Å². The summed E-state index contributed by atoms with van der Waals surface area (Å²) in [6, 6.07) is 14.0. The smallest absolute Gasteiger partial charge is 0.290 e. The van der Waals surface area contributed by atoms with Gasteiger partial charge in [0.25, 0.3) is 0 Å². The first-order valence-corrected chi connectivity index (χ1v) is 12.4. The zero-order valence-electron chi connectivity index (χ0n) is 20.7. The Morgan fingerprint density at radius 2 is 1.12 bits per heavy atom. The Kier molecular flexibility index (Phi) is 13.0. The van der Waals surface area contributed by atoms with Crippen LogP contribution in [-0.4, -0.2) is 18.2 Å². The van der Waals surface area contributed by atoms with Crippen molar-refractivity contribution in [2.45, 2.75) is 91.3 Å². The zero-order chi connectivity index (χ0) is 24.6. The number of benzene rings is 2. The highest BCUT2D eigenvalue weighted by Crippen LogP contribution is 2.16. The number of unbranched alkanes of at least 4 members (excludes halogenated alkanes) is 8. The first kappa shape index (κ1) is 27.5. The van der Waals surface area contributed by atoms with Crippen molar-refractivity contribution >= 4 is 11.9 Å². The van der Waals surface area contributed by atoms with E-state index in [4.69, 9.17) is 19.6 Å². The van der Waals surface area contributed by atoms with Gasteiger partial charge in [-0.2, -0.15) is 0 Å². The van der Waals surface area contributed by atoms with Crippen molar-refractivity contribution in [1.82, 2.24) is 0 Å². The molecule has 0 aliphatic rings. The van der Waals surface area contributed by atoms with Crippen LogP contribution in [0.2, 0.25) is 0 Å². The number of hydrogen-bond acceptors (Lipinski definition) is 6. The van der Waals surface area contributed by atoms with Crippen molar-refractivity contribution in [2.24, 2.45) is 0 Å². The van der Waals surface area contributed by atoms with Crippen LogP contribution < -0.4 is 0 Å². The highest BCUT2D eigenvalue weighted by molar-refractivity contribution is 5.89. The third-order valence-corrected chi connectivity index (χ3v) is 5.51. The molecule has 0 saturated carbocycles. The maximum atomic E-state index is 12.3. The van der Waals surface area contributed by atoms with Crippen LogP contribution >= 0.6 is 0 Å². The SMILES string of the molecule is CCCCCCCCCCCC(OOC(=O)c1cccc(C)c1)OOC(=O)c1cccc(C)c1. The maximum absolute atomic E-state index is 12.3. The molecule has 0 spiro atoms. The first-order chi connectivity index (χ1) is 16.5. The lowest BCUT2D eigenvalue weighted by Gasteiger charge is -2.15. The number of rotatable bonds is 16. The summed E-state index contributed by atoms with van der Waals surface area (Å²) < 4.78 is 0. The molecule has 6 nitrogen and oxygen atoms in total. The van der Waals surface area contributed by atoms with Crippen LogP contribution in [0.1, 0.15) is 103 Å². The summed E-state index contributed by atoms with van der Waals surface area (Å²) in [6.07, 6.45) is 9.92. The second-order valence-electron chi connectivity index (χ2n) is 8.72. The van der Waals surface area contributed by atoms with E-state index >= 15 is 0 Å². The fourth-order valence-electron chi connectivity index (χ4n) is 3.57. The molecule has 0 radical (unpaired) electrons. The molecule has 0 aromatic heterocycles. The second kappa shape index (κ2) is 16.0. The second-order valence-corrected chi connectivity index (χ2v) is 8.72. The highest BCUT2D eigenvalue weighted by atomic mass is 17.3. The summed E-state index contributed by atoms with van der Waals surface area (Å²) in [5.74, 6) is -1.26. The van der Waals surface area contributed by atoms with Gasteiger partial charge in [-0.15, -0.1) is 9.78 Å². The molecule has 0 N–H and O–H groups in total. The van der Waals surface area contributed by atoms with Crippen LogP contribution in [0.5, 0.6) is 0 Å². The maximum Gasteiger partial charge on any atom is 0.373 e. The van der Waals surface area contributed by atoms with Gasteiger partial charge in [0.1, 0.15) is 0 Å². The highest BCUT2D eigenvalue weighted by Gasteiger charge is 2.19. The van der Waals surface area contributed by atoms with Crippen LogP contribution in [-0.2, 0) is 19.6 Å². The lowest BCUT2D eigenvalue weighted by molar-refractivity contribution is -0.421. The van der Waals surface area contributed by atoms with Crippen molar-refractivity contribution in [3.8, 4) is 0 Å². The van der Waals surface area contributed by atoms with Gasteiger partial charge in [0.2, 0.25) is 6.29 Å². The first-order valence-electron chi connectivity index (χ1n) is 12.4. The van der Waals surface area contributed by atoms with Crippen molar-refractivity contribution in [3.63, 3.8) is 0 Å². The minimum atomic E-state index is -1.01. The average Bonchev–Trinajstić information content (AvgIpc) is 2.83. The number of carbonyl (C=O) groups is 2. The lowest BCUT2D eigenvalue weighted by atomic mass is 10.1. The molecule has 0 unspecified atom stereocenters. The Hall–Kier alpha value is -2.70. The monoisotopic (exact) mass is 470 g/mol. The van der Waals surface area contributed by atoms with Gasteiger partial charge >= 0.3 is 11.9 Å². The fourth-order valence-corrected chi connectivity index (χ4v) is 3.57. The molecule has 0 amide bonds. The van der Waals surface area contributed by atoms with Gasteiger partial charge in [-0.3, -0.25) is 9.78 Å². The molecule has 2 aromatic carbocycles. The molecule has 0 aliphatic carbocycles. The van der Waals surface area contributed by atoms with Crippen LogP contribution in [0, 0.1) is 13.8 Å². The van der Waals surface area contributed by atoms with Crippen molar-refractivity contribution in [3.05, 3.63) is 70.8 Å².